The summed E-state index contributed by atoms with van der Waals surface area (Å²) < 4.78 is 24.0. The number of amides is 1. The van der Waals surface area contributed by atoms with E-state index >= 15 is 0 Å². The lowest BCUT2D eigenvalue weighted by molar-refractivity contribution is -0.140. The Labute approximate surface area is 123 Å². The fraction of sp³-hybridized carbons (Fsp3) is 0.533. The quantitative estimate of drug-likeness (QED) is 0.881. The Bertz CT molecular complexity index is 511. The summed E-state index contributed by atoms with van der Waals surface area (Å²) in [5, 5.41) is 0. The number of carbonyl (C=O) groups excluding carboxylic acids is 1. The molecule has 0 bridgehead atoms. The van der Waals surface area contributed by atoms with Gasteiger partial charge in [0.15, 0.2) is 11.6 Å². The number of para-hydroxylation sites is 1. The Hall–Kier alpha value is -1.66. The van der Waals surface area contributed by atoms with E-state index in [1.807, 2.05) is 0 Å². The van der Waals surface area contributed by atoms with E-state index in [4.69, 9.17) is 15.2 Å². The van der Waals surface area contributed by atoms with Gasteiger partial charge >= 0.3 is 0 Å². The van der Waals surface area contributed by atoms with Crippen molar-refractivity contribution < 1.29 is 18.7 Å². The lowest BCUT2D eigenvalue weighted by atomic mass is 9.84. The molecule has 1 aromatic carbocycles. The number of benzene rings is 1. The van der Waals surface area contributed by atoms with Crippen LogP contribution in [-0.4, -0.2) is 50.3 Å². The van der Waals surface area contributed by atoms with Crippen LogP contribution >= 0.6 is 0 Å². The summed E-state index contributed by atoms with van der Waals surface area (Å²) in [5.41, 5.74) is 5.24. The summed E-state index contributed by atoms with van der Waals surface area (Å²) in [4.78, 5) is 14.0. The SMILES string of the molecule is CN(CCOc1ccccc1F)C(=O)C1(C)COCC1N. The molecule has 2 rings (SSSR count). The Morgan fingerprint density at radius 2 is 2.29 bits per heavy atom. The molecular weight excluding hydrogens is 275 g/mol. The van der Waals surface area contributed by atoms with Gasteiger partial charge in [-0.3, -0.25) is 4.79 Å². The number of nitrogens with two attached hydrogens (primary N) is 1. The lowest BCUT2D eigenvalue weighted by Crippen LogP contribution is -2.51. The van der Waals surface area contributed by atoms with E-state index in [1.165, 1.54) is 6.07 Å². The molecule has 0 saturated carbocycles. The van der Waals surface area contributed by atoms with Gasteiger partial charge in [-0.15, -0.1) is 0 Å². The van der Waals surface area contributed by atoms with Crippen LogP contribution in [0.2, 0.25) is 0 Å². The molecule has 0 spiro atoms. The van der Waals surface area contributed by atoms with E-state index in [0.717, 1.165) is 0 Å². The molecule has 2 atom stereocenters. The van der Waals surface area contributed by atoms with Gasteiger partial charge < -0.3 is 20.1 Å². The molecule has 21 heavy (non-hydrogen) atoms. The van der Waals surface area contributed by atoms with Crippen LogP contribution in [0.4, 0.5) is 4.39 Å². The average molecular weight is 296 g/mol. The molecule has 1 aromatic rings. The van der Waals surface area contributed by atoms with Crippen LogP contribution in [-0.2, 0) is 9.53 Å². The van der Waals surface area contributed by atoms with Gasteiger partial charge in [-0.2, -0.15) is 0 Å². The molecule has 1 aliphatic rings. The Balaban J connectivity index is 1.86. The highest BCUT2D eigenvalue weighted by molar-refractivity contribution is 5.83. The lowest BCUT2D eigenvalue weighted by Gasteiger charge is -2.30. The van der Waals surface area contributed by atoms with E-state index in [-0.39, 0.29) is 24.3 Å². The van der Waals surface area contributed by atoms with Crippen molar-refractivity contribution in [3.8, 4) is 5.75 Å². The van der Waals surface area contributed by atoms with Crippen LogP contribution in [0.15, 0.2) is 24.3 Å². The van der Waals surface area contributed by atoms with Crippen LogP contribution in [0, 0.1) is 11.2 Å². The summed E-state index contributed by atoms with van der Waals surface area (Å²) in [6.07, 6.45) is 0. The Kier molecular flexibility index (Phi) is 4.80. The molecule has 6 heteroatoms. The van der Waals surface area contributed by atoms with Crippen molar-refractivity contribution in [3.05, 3.63) is 30.1 Å². The van der Waals surface area contributed by atoms with Crippen molar-refractivity contribution in [2.45, 2.75) is 13.0 Å². The summed E-state index contributed by atoms with van der Waals surface area (Å²) >= 11 is 0. The number of nitrogens with zero attached hydrogens (tertiary/aromatic N) is 1. The van der Waals surface area contributed by atoms with Crippen molar-refractivity contribution in [2.75, 3.05) is 33.4 Å². The molecule has 0 aliphatic carbocycles. The molecule has 116 valence electrons. The van der Waals surface area contributed by atoms with E-state index in [0.29, 0.717) is 19.8 Å². The minimum Gasteiger partial charge on any atom is -0.489 e. The van der Waals surface area contributed by atoms with Crippen LogP contribution < -0.4 is 10.5 Å². The first-order valence-corrected chi connectivity index (χ1v) is 6.91. The third-order valence-corrected chi connectivity index (χ3v) is 3.87. The molecule has 1 aliphatic heterocycles. The zero-order valence-electron chi connectivity index (χ0n) is 12.3. The highest BCUT2D eigenvalue weighted by atomic mass is 19.1. The summed E-state index contributed by atoms with van der Waals surface area (Å²) in [6, 6.07) is 5.88. The molecule has 1 saturated heterocycles. The smallest absolute Gasteiger partial charge is 0.232 e. The van der Waals surface area contributed by atoms with Crippen LogP contribution in [0.25, 0.3) is 0 Å². The fourth-order valence-corrected chi connectivity index (χ4v) is 2.30. The summed E-state index contributed by atoms with van der Waals surface area (Å²) in [5.74, 6) is -0.306. The summed E-state index contributed by atoms with van der Waals surface area (Å²) in [6.45, 7) is 3.10. The van der Waals surface area contributed by atoms with Crippen LogP contribution in [0.1, 0.15) is 6.92 Å². The van der Waals surface area contributed by atoms with Gasteiger partial charge in [-0.05, 0) is 19.1 Å². The molecular formula is C15H21FN2O3. The van der Waals surface area contributed by atoms with E-state index < -0.39 is 11.2 Å². The number of ether oxygens (including phenoxy) is 2. The van der Waals surface area contributed by atoms with Gasteiger partial charge in [0.25, 0.3) is 0 Å². The monoisotopic (exact) mass is 296 g/mol. The Morgan fingerprint density at radius 1 is 1.57 bits per heavy atom. The van der Waals surface area contributed by atoms with Crippen molar-refractivity contribution in [1.82, 2.24) is 4.90 Å². The second-order valence-electron chi connectivity index (χ2n) is 5.54. The molecule has 1 fully saturated rings. The molecule has 1 heterocycles. The third kappa shape index (κ3) is 3.33. The molecule has 0 radical (unpaired) electrons. The summed E-state index contributed by atoms with van der Waals surface area (Å²) in [7, 11) is 1.68. The Morgan fingerprint density at radius 3 is 2.90 bits per heavy atom. The molecule has 5 nitrogen and oxygen atoms in total. The zero-order chi connectivity index (χ0) is 15.5. The maximum absolute atomic E-state index is 13.4. The number of hydrogen-bond acceptors (Lipinski definition) is 4. The molecule has 2 N–H and O–H groups in total. The standard InChI is InChI=1S/C15H21FN2O3/c1-15(10-20-9-13(15)17)14(19)18(2)7-8-21-12-6-4-3-5-11(12)16/h3-6,13H,7-10,17H2,1-2H3. The van der Waals surface area contributed by atoms with Crippen LogP contribution in [0.5, 0.6) is 5.75 Å². The number of likely N-dealkylation sites (N-methyl/N-ethyl adjacent to an activating group) is 1. The largest absolute Gasteiger partial charge is 0.489 e. The molecule has 0 aromatic heterocycles. The first-order valence-electron chi connectivity index (χ1n) is 6.91. The van der Waals surface area contributed by atoms with E-state index in [2.05, 4.69) is 0 Å². The number of carbonyl (C=O) groups is 1. The van der Waals surface area contributed by atoms with Gasteiger partial charge in [0.05, 0.1) is 25.2 Å². The predicted molar refractivity (Wildman–Crippen MR) is 76.4 cm³/mol. The maximum atomic E-state index is 13.4. The highest BCUT2D eigenvalue weighted by Gasteiger charge is 2.45. The number of hydrogen-bond donors (Lipinski definition) is 1. The fourth-order valence-electron chi connectivity index (χ4n) is 2.30. The topological polar surface area (TPSA) is 64.8 Å². The minimum absolute atomic E-state index is 0.0790. The van der Waals surface area contributed by atoms with Gasteiger partial charge in [0, 0.05) is 13.1 Å². The molecule has 1 amide bonds. The third-order valence-electron chi connectivity index (χ3n) is 3.87. The second kappa shape index (κ2) is 6.41. The average Bonchev–Trinajstić information content (AvgIpc) is 2.81. The maximum Gasteiger partial charge on any atom is 0.232 e. The number of halogens is 1. The highest BCUT2D eigenvalue weighted by Crippen LogP contribution is 2.29. The van der Waals surface area contributed by atoms with Gasteiger partial charge in [0.1, 0.15) is 6.61 Å². The van der Waals surface area contributed by atoms with Gasteiger partial charge in [0.2, 0.25) is 5.91 Å². The van der Waals surface area contributed by atoms with E-state index in [1.54, 1.807) is 37.1 Å². The first-order chi connectivity index (χ1) is 9.95. The normalized spacial score (nSPS) is 24.9. The first kappa shape index (κ1) is 15.7. The molecule has 2 unspecified atom stereocenters. The van der Waals surface area contributed by atoms with Crippen LogP contribution in [0.3, 0.4) is 0 Å². The van der Waals surface area contributed by atoms with Crippen molar-refractivity contribution in [3.63, 3.8) is 0 Å². The predicted octanol–water partition coefficient (Wildman–Crippen LogP) is 1.03. The zero-order valence-corrected chi connectivity index (χ0v) is 12.3. The van der Waals surface area contributed by atoms with Gasteiger partial charge in [-0.1, -0.05) is 12.1 Å². The van der Waals surface area contributed by atoms with Crippen molar-refractivity contribution in [2.24, 2.45) is 11.1 Å². The van der Waals surface area contributed by atoms with Crippen molar-refractivity contribution >= 4 is 5.91 Å². The number of rotatable bonds is 5. The minimum atomic E-state index is -0.702. The van der Waals surface area contributed by atoms with Crippen molar-refractivity contribution in [1.29, 1.82) is 0 Å². The van der Waals surface area contributed by atoms with E-state index in [9.17, 15) is 9.18 Å². The second-order valence-corrected chi connectivity index (χ2v) is 5.54. The van der Waals surface area contributed by atoms with Gasteiger partial charge in [-0.25, -0.2) is 4.39 Å².